The molecule has 0 saturated carbocycles. The molecule has 1 aromatic heterocycles. The summed E-state index contributed by atoms with van der Waals surface area (Å²) in [6, 6.07) is 2.42. The molecule has 0 radical (unpaired) electrons. The zero-order valence-electron chi connectivity index (χ0n) is 11.5. The molecule has 0 bridgehead atoms. The molecule has 2 aliphatic heterocycles. The van der Waals surface area contributed by atoms with E-state index in [2.05, 4.69) is 15.5 Å². The first-order valence-corrected chi connectivity index (χ1v) is 7.14. The molecule has 2 aliphatic rings. The topological polar surface area (TPSA) is 58.1 Å². The van der Waals surface area contributed by atoms with Crippen LogP contribution in [0.5, 0.6) is 0 Å². The van der Waals surface area contributed by atoms with Gasteiger partial charge < -0.3 is 10.2 Å². The normalized spacial score (nSPS) is 23.4. The number of nitrogens with zero attached hydrogens (tertiary/aromatic N) is 3. The number of nitrogens with one attached hydrogen (secondary N) is 1. The maximum Gasteiger partial charge on any atom is 0.255 e. The van der Waals surface area contributed by atoms with Crippen LogP contribution in [0.25, 0.3) is 0 Å². The van der Waals surface area contributed by atoms with E-state index in [0.29, 0.717) is 11.6 Å². The first-order valence-electron chi connectivity index (χ1n) is 7.14. The van der Waals surface area contributed by atoms with E-state index in [-0.39, 0.29) is 18.3 Å². The van der Waals surface area contributed by atoms with Gasteiger partial charge in [-0.25, -0.2) is 0 Å². The SMILES string of the molecule is Cl.O=C(c1ccnnc1)N1CCC(C2CCCN2)CC1. The Hall–Kier alpha value is -1.20. The molecule has 0 aromatic carbocycles. The summed E-state index contributed by atoms with van der Waals surface area (Å²) in [5, 5.41) is 11.1. The third kappa shape index (κ3) is 3.27. The molecular weight excluding hydrogens is 276 g/mol. The van der Waals surface area contributed by atoms with Gasteiger partial charge in [-0.1, -0.05) is 0 Å². The van der Waals surface area contributed by atoms with Crippen LogP contribution in [0.1, 0.15) is 36.0 Å². The van der Waals surface area contributed by atoms with Crippen molar-refractivity contribution in [2.45, 2.75) is 31.7 Å². The largest absolute Gasteiger partial charge is 0.339 e. The van der Waals surface area contributed by atoms with Crippen LogP contribution in [-0.4, -0.2) is 46.7 Å². The monoisotopic (exact) mass is 296 g/mol. The second-order valence-electron chi connectivity index (χ2n) is 5.46. The van der Waals surface area contributed by atoms with Gasteiger partial charge in [-0.3, -0.25) is 4.79 Å². The summed E-state index contributed by atoms with van der Waals surface area (Å²) in [6.07, 6.45) is 7.94. The lowest BCUT2D eigenvalue weighted by Gasteiger charge is -2.34. The maximum atomic E-state index is 12.3. The summed E-state index contributed by atoms with van der Waals surface area (Å²) in [4.78, 5) is 14.2. The molecule has 3 heterocycles. The number of hydrogen-bond acceptors (Lipinski definition) is 4. The highest BCUT2D eigenvalue weighted by Gasteiger charge is 2.30. The third-order valence-electron chi connectivity index (χ3n) is 4.33. The van der Waals surface area contributed by atoms with Gasteiger partial charge in [0.15, 0.2) is 0 Å². The highest BCUT2D eigenvalue weighted by atomic mass is 35.5. The van der Waals surface area contributed by atoms with Crippen molar-refractivity contribution in [3.63, 3.8) is 0 Å². The Labute approximate surface area is 125 Å². The first-order chi connectivity index (χ1) is 9.34. The van der Waals surface area contributed by atoms with E-state index < -0.39 is 0 Å². The van der Waals surface area contributed by atoms with E-state index in [4.69, 9.17) is 0 Å². The molecule has 2 fully saturated rings. The Morgan fingerprint density at radius 3 is 2.65 bits per heavy atom. The summed E-state index contributed by atoms with van der Waals surface area (Å²) in [5.41, 5.74) is 0.646. The number of carbonyl (C=O) groups excluding carboxylic acids is 1. The number of piperidine rings is 1. The third-order valence-corrected chi connectivity index (χ3v) is 4.33. The van der Waals surface area contributed by atoms with Crippen LogP contribution in [0, 0.1) is 5.92 Å². The lowest BCUT2D eigenvalue weighted by Crippen LogP contribution is -2.43. The molecule has 1 aromatic rings. The van der Waals surface area contributed by atoms with E-state index >= 15 is 0 Å². The van der Waals surface area contributed by atoms with Crippen LogP contribution in [-0.2, 0) is 0 Å². The van der Waals surface area contributed by atoms with Crippen molar-refractivity contribution >= 4 is 18.3 Å². The van der Waals surface area contributed by atoms with Crippen molar-refractivity contribution in [2.24, 2.45) is 5.92 Å². The Kier molecular flexibility index (Phi) is 5.31. The number of likely N-dealkylation sites (tertiary alicyclic amines) is 1. The predicted octanol–water partition coefficient (Wildman–Crippen LogP) is 1.50. The molecular formula is C14H21ClN4O. The molecule has 20 heavy (non-hydrogen) atoms. The fourth-order valence-electron chi connectivity index (χ4n) is 3.22. The maximum absolute atomic E-state index is 12.3. The van der Waals surface area contributed by atoms with Gasteiger partial charge in [0.05, 0.1) is 18.0 Å². The number of amides is 1. The molecule has 110 valence electrons. The average Bonchev–Trinajstić information content (AvgIpc) is 3.02. The van der Waals surface area contributed by atoms with Crippen LogP contribution in [0.2, 0.25) is 0 Å². The lowest BCUT2D eigenvalue weighted by atomic mass is 9.88. The number of halogens is 1. The number of aromatic nitrogens is 2. The molecule has 2 saturated heterocycles. The highest BCUT2D eigenvalue weighted by molar-refractivity contribution is 5.93. The van der Waals surface area contributed by atoms with Crippen molar-refractivity contribution in [2.75, 3.05) is 19.6 Å². The summed E-state index contributed by atoms with van der Waals surface area (Å²) < 4.78 is 0. The van der Waals surface area contributed by atoms with Gasteiger partial charge in [0.1, 0.15) is 0 Å². The summed E-state index contributed by atoms with van der Waals surface area (Å²) in [7, 11) is 0. The Morgan fingerprint density at radius 2 is 2.05 bits per heavy atom. The summed E-state index contributed by atoms with van der Waals surface area (Å²) in [6.45, 7) is 2.89. The highest BCUT2D eigenvalue weighted by Crippen LogP contribution is 2.26. The van der Waals surface area contributed by atoms with Crippen LogP contribution < -0.4 is 5.32 Å². The summed E-state index contributed by atoms with van der Waals surface area (Å²) >= 11 is 0. The zero-order valence-corrected chi connectivity index (χ0v) is 12.3. The minimum atomic E-state index is 0. The molecule has 1 atom stereocenters. The Balaban J connectivity index is 0.00000147. The number of carbonyl (C=O) groups is 1. The molecule has 1 N–H and O–H groups in total. The van der Waals surface area contributed by atoms with Gasteiger partial charge in [-0.15, -0.1) is 12.4 Å². The van der Waals surface area contributed by atoms with Crippen LogP contribution in [0.3, 0.4) is 0 Å². The average molecular weight is 297 g/mol. The van der Waals surface area contributed by atoms with Gasteiger partial charge in [-0.05, 0) is 44.2 Å². The van der Waals surface area contributed by atoms with Crippen molar-refractivity contribution in [3.8, 4) is 0 Å². The van der Waals surface area contributed by atoms with Crippen LogP contribution in [0.4, 0.5) is 0 Å². The molecule has 1 unspecified atom stereocenters. The molecule has 3 rings (SSSR count). The van der Waals surface area contributed by atoms with Gasteiger partial charge >= 0.3 is 0 Å². The van der Waals surface area contributed by atoms with Crippen molar-refractivity contribution in [1.82, 2.24) is 20.4 Å². The van der Waals surface area contributed by atoms with Crippen molar-refractivity contribution in [1.29, 1.82) is 0 Å². The fourth-order valence-corrected chi connectivity index (χ4v) is 3.22. The smallest absolute Gasteiger partial charge is 0.255 e. The minimum absolute atomic E-state index is 0. The van der Waals surface area contributed by atoms with Crippen molar-refractivity contribution < 1.29 is 4.79 Å². The Morgan fingerprint density at radius 1 is 1.25 bits per heavy atom. The minimum Gasteiger partial charge on any atom is -0.339 e. The molecule has 1 amide bonds. The first kappa shape index (κ1) is 15.2. The second kappa shape index (κ2) is 6.99. The standard InChI is InChI=1S/C14H20N4O.ClH/c19-14(12-3-7-16-17-10-12)18-8-4-11(5-9-18)13-2-1-6-15-13;/h3,7,10-11,13,15H,1-2,4-6,8-9H2;1H. The quantitative estimate of drug-likeness (QED) is 0.898. The van der Waals surface area contributed by atoms with E-state index in [1.54, 1.807) is 18.5 Å². The molecule has 6 heteroatoms. The van der Waals surface area contributed by atoms with E-state index in [1.165, 1.54) is 12.8 Å². The molecule has 5 nitrogen and oxygen atoms in total. The van der Waals surface area contributed by atoms with Gasteiger partial charge in [0.2, 0.25) is 0 Å². The molecule has 0 spiro atoms. The van der Waals surface area contributed by atoms with E-state index in [0.717, 1.165) is 38.4 Å². The van der Waals surface area contributed by atoms with Gasteiger partial charge in [0.25, 0.3) is 5.91 Å². The van der Waals surface area contributed by atoms with Crippen LogP contribution >= 0.6 is 12.4 Å². The lowest BCUT2D eigenvalue weighted by molar-refractivity contribution is 0.0674. The van der Waals surface area contributed by atoms with Gasteiger partial charge in [-0.2, -0.15) is 10.2 Å². The zero-order chi connectivity index (χ0) is 13.1. The van der Waals surface area contributed by atoms with E-state index in [9.17, 15) is 4.79 Å². The Bertz CT molecular complexity index is 428. The van der Waals surface area contributed by atoms with Crippen LogP contribution in [0.15, 0.2) is 18.5 Å². The van der Waals surface area contributed by atoms with Gasteiger partial charge in [0, 0.05) is 19.1 Å². The molecule has 0 aliphatic carbocycles. The number of rotatable bonds is 2. The second-order valence-corrected chi connectivity index (χ2v) is 5.46. The van der Waals surface area contributed by atoms with Crippen molar-refractivity contribution in [3.05, 3.63) is 24.0 Å². The summed E-state index contributed by atoms with van der Waals surface area (Å²) in [5.74, 6) is 0.829. The fraction of sp³-hybridized carbons (Fsp3) is 0.643. The van der Waals surface area contributed by atoms with E-state index in [1.807, 2.05) is 4.90 Å². The predicted molar refractivity (Wildman–Crippen MR) is 78.9 cm³/mol. The number of hydrogen-bond donors (Lipinski definition) is 1.